The third-order valence-corrected chi connectivity index (χ3v) is 3.61. The van der Waals surface area contributed by atoms with E-state index < -0.39 is 0 Å². The fourth-order valence-electron chi connectivity index (χ4n) is 2.44. The van der Waals surface area contributed by atoms with Crippen LogP contribution < -0.4 is 0 Å². The molecule has 0 spiro atoms. The van der Waals surface area contributed by atoms with E-state index >= 15 is 0 Å². The van der Waals surface area contributed by atoms with Crippen LogP contribution in [0, 0.1) is 0 Å². The van der Waals surface area contributed by atoms with Crippen molar-refractivity contribution in [3.05, 3.63) is 35.9 Å². The normalized spacial score (nSPS) is 16.8. The lowest BCUT2D eigenvalue weighted by Crippen LogP contribution is -2.34. The lowest BCUT2D eigenvalue weighted by atomic mass is 10.1. The molecule has 0 amide bonds. The van der Waals surface area contributed by atoms with Crippen molar-refractivity contribution < 1.29 is 5.21 Å². The second-order valence-electron chi connectivity index (χ2n) is 4.95. The van der Waals surface area contributed by atoms with E-state index in [0.717, 1.165) is 31.6 Å². The predicted octanol–water partition coefficient (Wildman–Crippen LogP) is 2.94. The zero-order chi connectivity index (χ0) is 12.6. The molecule has 0 radical (unpaired) electrons. The van der Waals surface area contributed by atoms with Gasteiger partial charge >= 0.3 is 0 Å². The summed E-state index contributed by atoms with van der Waals surface area (Å²) in [4.78, 5) is 2.47. The summed E-state index contributed by atoms with van der Waals surface area (Å²) in [7, 11) is 0. The van der Waals surface area contributed by atoms with Crippen LogP contribution in [0.1, 0.15) is 31.2 Å². The lowest BCUT2D eigenvalue weighted by Gasteiger charge is -2.26. The first-order valence-electron chi connectivity index (χ1n) is 6.84. The number of aryl methyl sites for hydroxylation is 1. The van der Waals surface area contributed by atoms with Gasteiger partial charge in [0, 0.05) is 25.9 Å². The standard InChI is InChI=1S/C15H22N2O/c18-16-15-9-12-17(13-10-15)11-5-4-8-14-6-2-1-3-7-14/h1-3,6-7,18H,4-5,8-13H2. The molecule has 3 heteroatoms. The maximum absolute atomic E-state index is 8.69. The molecule has 98 valence electrons. The monoisotopic (exact) mass is 246 g/mol. The first-order valence-corrected chi connectivity index (χ1v) is 6.84. The number of rotatable bonds is 5. The summed E-state index contributed by atoms with van der Waals surface area (Å²) in [5.41, 5.74) is 2.39. The van der Waals surface area contributed by atoms with Gasteiger partial charge in [-0.2, -0.15) is 0 Å². The zero-order valence-corrected chi connectivity index (χ0v) is 10.9. The van der Waals surface area contributed by atoms with Crippen LogP contribution in [-0.4, -0.2) is 35.5 Å². The van der Waals surface area contributed by atoms with Crippen molar-refractivity contribution in [3.63, 3.8) is 0 Å². The average Bonchev–Trinajstić information content (AvgIpc) is 2.45. The molecule has 1 aromatic carbocycles. The van der Waals surface area contributed by atoms with Gasteiger partial charge in [-0.05, 0) is 31.4 Å². The van der Waals surface area contributed by atoms with Crippen molar-refractivity contribution in [1.82, 2.24) is 4.90 Å². The molecule has 0 aromatic heterocycles. The second kappa shape index (κ2) is 7.17. The number of unbranched alkanes of at least 4 members (excludes halogenated alkanes) is 1. The fraction of sp³-hybridized carbons (Fsp3) is 0.533. The Morgan fingerprint density at radius 1 is 1.06 bits per heavy atom. The molecule has 1 saturated heterocycles. The Balaban J connectivity index is 1.59. The highest BCUT2D eigenvalue weighted by Gasteiger charge is 2.14. The van der Waals surface area contributed by atoms with Gasteiger partial charge in [0.2, 0.25) is 0 Å². The van der Waals surface area contributed by atoms with Crippen LogP contribution in [0.3, 0.4) is 0 Å². The summed E-state index contributed by atoms with van der Waals surface area (Å²) in [5.74, 6) is 0. The number of hydrogen-bond acceptors (Lipinski definition) is 3. The van der Waals surface area contributed by atoms with E-state index in [9.17, 15) is 0 Å². The van der Waals surface area contributed by atoms with Crippen LogP contribution in [-0.2, 0) is 6.42 Å². The first-order chi connectivity index (χ1) is 8.88. The molecule has 3 nitrogen and oxygen atoms in total. The Morgan fingerprint density at radius 3 is 2.44 bits per heavy atom. The molecule has 1 heterocycles. The molecule has 1 aliphatic heterocycles. The quantitative estimate of drug-likeness (QED) is 0.492. The number of oxime groups is 1. The van der Waals surface area contributed by atoms with Crippen LogP contribution in [0.25, 0.3) is 0 Å². The number of nitrogens with zero attached hydrogens (tertiary/aromatic N) is 2. The minimum absolute atomic E-state index is 0.926. The van der Waals surface area contributed by atoms with Crippen LogP contribution in [0.2, 0.25) is 0 Å². The molecule has 0 aliphatic carbocycles. The van der Waals surface area contributed by atoms with Gasteiger partial charge in [0.05, 0.1) is 5.71 Å². The largest absolute Gasteiger partial charge is 0.411 e. The van der Waals surface area contributed by atoms with Crippen LogP contribution in [0.5, 0.6) is 0 Å². The van der Waals surface area contributed by atoms with Crippen LogP contribution in [0.4, 0.5) is 0 Å². The van der Waals surface area contributed by atoms with E-state index in [1.165, 1.54) is 31.4 Å². The fourth-order valence-corrected chi connectivity index (χ4v) is 2.44. The molecular weight excluding hydrogens is 224 g/mol. The van der Waals surface area contributed by atoms with Gasteiger partial charge in [-0.25, -0.2) is 0 Å². The van der Waals surface area contributed by atoms with E-state index in [2.05, 4.69) is 40.4 Å². The summed E-state index contributed by atoms with van der Waals surface area (Å²) in [6, 6.07) is 10.7. The lowest BCUT2D eigenvalue weighted by molar-refractivity contribution is 0.258. The van der Waals surface area contributed by atoms with Crippen molar-refractivity contribution in [1.29, 1.82) is 0 Å². The Morgan fingerprint density at radius 2 is 1.78 bits per heavy atom. The minimum Gasteiger partial charge on any atom is -0.411 e. The van der Waals surface area contributed by atoms with Crippen molar-refractivity contribution in [2.75, 3.05) is 19.6 Å². The molecule has 18 heavy (non-hydrogen) atoms. The van der Waals surface area contributed by atoms with E-state index in [0.29, 0.717) is 0 Å². The van der Waals surface area contributed by atoms with Crippen LogP contribution >= 0.6 is 0 Å². The average molecular weight is 246 g/mol. The summed E-state index contributed by atoms with van der Waals surface area (Å²) in [6.07, 6.45) is 5.53. The number of benzene rings is 1. The number of likely N-dealkylation sites (tertiary alicyclic amines) is 1. The molecule has 1 N–H and O–H groups in total. The third-order valence-electron chi connectivity index (χ3n) is 3.61. The van der Waals surface area contributed by atoms with Crippen LogP contribution in [0.15, 0.2) is 35.5 Å². The summed E-state index contributed by atoms with van der Waals surface area (Å²) >= 11 is 0. The first kappa shape index (κ1) is 13.1. The maximum Gasteiger partial charge on any atom is 0.0596 e. The van der Waals surface area contributed by atoms with Gasteiger partial charge < -0.3 is 10.1 Å². The number of piperidine rings is 1. The summed E-state index contributed by atoms with van der Waals surface area (Å²) in [6.45, 7) is 3.26. The molecule has 0 unspecified atom stereocenters. The van der Waals surface area contributed by atoms with Gasteiger partial charge in [-0.3, -0.25) is 0 Å². The summed E-state index contributed by atoms with van der Waals surface area (Å²) < 4.78 is 0. The van der Waals surface area contributed by atoms with Gasteiger partial charge in [0.15, 0.2) is 0 Å². The Labute approximate surface area is 109 Å². The van der Waals surface area contributed by atoms with Gasteiger partial charge in [0.1, 0.15) is 0 Å². The minimum atomic E-state index is 0.926. The SMILES string of the molecule is ON=C1CCN(CCCCc2ccccc2)CC1. The van der Waals surface area contributed by atoms with Crippen molar-refractivity contribution in [2.24, 2.45) is 5.16 Å². The molecule has 2 rings (SSSR count). The summed E-state index contributed by atoms with van der Waals surface area (Å²) in [5, 5.41) is 12.0. The Hall–Kier alpha value is -1.35. The second-order valence-corrected chi connectivity index (χ2v) is 4.95. The van der Waals surface area contributed by atoms with Gasteiger partial charge in [-0.15, -0.1) is 0 Å². The third kappa shape index (κ3) is 4.15. The zero-order valence-electron chi connectivity index (χ0n) is 10.9. The molecule has 1 aliphatic rings. The molecule has 0 saturated carbocycles. The van der Waals surface area contributed by atoms with Gasteiger partial charge in [-0.1, -0.05) is 35.5 Å². The Kier molecular flexibility index (Phi) is 5.21. The smallest absolute Gasteiger partial charge is 0.0596 e. The van der Waals surface area contributed by atoms with E-state index in [1.807, 2.05) is 0 Å². The molecular formula is C15H22N2O. The Bertz CT molecular complexity index is 365. The number of hydrogen-bond donors (Lipinski definition) is 1. The highest BCUT2D eigenvalue weighted by Crippen LogP contribution is 2.10. The molecule has 0 atom stereocenters. The maximum atomic E-state index is 8.69. The molecule has 1 fully saturated rings. The van der Waals surface area contributed by atoms with Crippen molar-refractivity contribution in [2.45, 2.75) is 32.1 Å². The highest BCUT2D eigenvalue weighted by molar-refractivity contribution is 5.84. The topological polar surface area (TPSA) is 35.8 Å². The van der Waals surface area contributed by atoms with Gasteiger partial charge in [0.25, 0.3) is 0 Å². The highest BCUT2D eigenvalue weighted by atomic mass is 16.4. The van der Waals surface area contributed by atoms with E-state index in [4.69, 9.17) is 5.21 Å². The van der Waals surface area contributed by atoms with Crippen molar-refractivity contribution in [3.8, 4) is 0 Å². The van der Waals surface area contributed by atoms with E-state index in [-0.39, 0.29) is 0 Å². The van der Waals surface area contributed by atoms with E-state index in [1.54, 1.807) is 0 Å². The molecule has 1 aromatic rings. The molecule has 0 bridgehead atoms. The van der Waals surface area contributed by atoms with Crippen molar-refractivity contribution >= 4 is 5.71 Å². The predicted molar refractivity (Wildman–Crippen MR) is 74.3 cm³/mol.